The van der Waals surface area contributed by atoms with E-state index in [0.29, 0.717) is 0 Å². The van der Waals surface area contributed by atoms with E-state index in [-0.39, 0.29) is 0 Å². The Morgan fingerprint density at radius 2 is 2.18 bits per heavy atom. The fraction of sp³-hybridized carbons (Fsp3) is 1.00. The molecule has 0 spiro atoms. The minimum Gasteiger partial charge on any atom is -0.316 e. The molecular weight excluding hydrogens is 228 g/mol. The summed E-state index contributed by atoms with van der Waals surface area (Å²) in [6.07, 6.45) is 9.06. The third-order valence-electron chi connectivity index (χ3n) is 3.53. The average molecular weight is 258 g/mol. The van der Waals surface area contributed by atoms with E-state index < -0.39 is 0 Å². The fourth-order valence-electron chi connectivity index (χ4n) is 2.64. The summed E-state index contributed by atoms with van der Waals surface area (Å²) in [6.45, 7) is 8.69. The molecule has 0 aromatic rings. The van der Waals surface area contributed by atoms with Crippen molar-refractivity contribution in [3.63, 3.8) is 0 Å². The molecule has 1 saturated heterocycles. The summed E-state index contributed by atoms with van der Waals surface area (Å²) in [5.41, 5.74) is 0. The molecule has 1 rings (SSSR count). The third kappa shape index (κ3) is 7.32. The fourth-order valence-corrected chi connectivity index (χ4v) is 3.13. The highest BCUT2D eigenvalue weighted by Crippen LogP contribution is 2.13. The van der Waals surface area contributed by atoms with E-state index in [0.717, 1.165) is 5.92 Å². The second-order valence-electron chi connectivity index (χ2n) is 5.21. The van der Waals surface area contributed by atoms with Gasteiger partial charge in [-0.15, -0.1) is 0 Å². The summed E-state index contributed by atoms with van der Waals surface area (Å²) in [5.74, 6) is 2.22. The van der Waals surface area contributed by atoms with Gasteiger partial charge in [0.25, 0.3) is 0 Å². The number of hydrogen-bond donors (Lipinski definition) is 1. The van der Waals surface area contributed by atoms with Gasteiger partial charge in [0.05, 0.1) is 0 Å². The summed E-state index contributed by atoms with van der Waals surface area (Å²) in [7, 11) is 0. The highest BCUT2D eigenvalue weighted by Gasteiger charge is 2.16. The van der Waals surface area contributed by atoms with Crippen molar-refractivity contribution in [1.82, 2.24) is 10.2 Å². The molecule has 1 heterocycles. The summed E-state index contributed by atoms with van der Waals surface area (Å²) >= 11 is 1.97. The Kier molecular flexibility index (Phi) is 9.21. The van der Waals surface area contributed by atoms with Crippen molar-refractivity contribution in [2.75, 3.05) is 44.7 Å². The van der Waals surface area contributed by atoms with Gasteiger partial charge in [-0.1, -0.05) is 6.92 Å². The standard InChI is InChI=1S/C14H30N2S/c1-3-9-16(10-4-5-11-17-2)13-14-7-6-8-15-12-14/h14-15H,3-13H2,1-2H3. The minimum absolute atomic E-state index is 0.899. The van der Waals surface area contributed by atoms with Crippen LogP contribution in [-0.4, -0.2) is 49.6 Å². The molecule has 2 nitrogen and oxygen atoms in total. The quantitative estimate of drug-likeness (QED) is 0.640. The molecule has 1 fully saturated rings. The van der Waals surface area contributed by atoms with Crippen LogP contribution in [0.4, 0.5) is 0 Å². The second-order valence-corrected chi connectivity index (χ2v) is 6.20. The lowest BCUT2D eigenvalue weighted by Crippen LogP contribution is -2.39. The van der Waals surface area contributed by atoms with E-state index in [9.17, 15) is 0 Å². The zero-order valence-electron chi connectivity index (χ0n) is 11.7. The Balaban J connectivity index is 2.16. The predicted octanol–water partition coefficient (Wildman–Crippen LogP) is 2.84. The lowest BCUT2D eigenvalue weighted by atomic mass is 9.99. The lowest BCUT2D eigenvalue weighted by molar-refractivity contribution is 0.206. The van der Waals surface area contributed by atoms with E-state index in [1.165, 1.54) is 70.6 Å². The van der Waals surface area contributed by atoms with Crippen LogP contribution in [0.3, 0.4) is 0 Å². The van der Waals surface area contributed by atoms with Gasteiger partial charge in [0.2, 0.25) is 0 Å². The summed E-state index contributed by atoms with van der Waals surface area (Å²) < 4.78 is 0. The molecule has 3 heteroatoms. The van der Waals surface area contributed by atoms with Gasteiger partial charge < -0.3 is 10.2 Å². The van der Waals surface area contributed by atoms with Crippen molar-refractivity contribution in [2.45, 2.75) is 39.0 Å². The molecule has 0 amide bonds. The van der Waals surface area contributed by atoms with Gasteiger partial charge in [-0.25, -0.2) is 0 Å². The molecule has 0 bridgehead atoms. The van der Waals surface area contributed by atoms with Crippen LogP contribution < -0.4 is 5.32 Å². The Bertz CT molecular complexity index is 170. The number of nitrogens with zero attached hydrogens (tertiary/aromatic N) is 1. The van der Waals surface area contributed by atoms with Crippen LogP contribution >= 0.6 is 11.8 Å². The summed E-state index contributed by atoms with van der Waals surface area (Å²) in [5, 5.41) is 3.53. The van der Waals surface area contributed by atoms with Crippen LogP contribution in [0.2, 0.25) is 0 Å². The molecule has 1 aliphatic rings. The number of piperidine rings is 1. The normalized spacial score (nSPS) is 21.0. The van der Waals surface area contributed by atoms with E-state index in [2.05, 4.69) is 23.4 Å². The largest absolute Gasteiger partial charge is 0.316 e. The molecule has 1 N–H and O–H groups in total. The van der Waals surface area contributed by atoms with Crippen LogP contribution in [0.5, 0.6) is 0 Å². The van der Waals surface area contributed by atoms with Gasteiger partial charge in [-0.2, -0.15) is 11.8 Å². The zero-order chi connectivity index (χ0) is 12.3. The molecule has 1 aliphatic heterocycles. The van der Waals surface area contributed by atoms with Gasteiger partial charge in [0.1, 0.15) is 0 Å². The molecule has 1 unspecified atom stereocenters. The lowest BCUT2D eigenvalue weighted by Gasteiger charge is -2.30. The summed E-state index contributed by atoms with van der Waals surface area (Å²) in [6, 6.07) is 0. The van der Waals surface area contributed by atoms with Crippen LogP contribution in [0.1, 0.15) is 39.0 Å². The molecule has 17 heavy (non-hydrogen) atoms. The van der Waals surface area contributed by atoms with E-state index in [1.54, 1.807) is 0 Å². The van der Waals surface area contributed by atoms with Crippen LogP contribution in [0.25, 0.3) is 0 Å². The van der Waals surface area contributed by atoms with Crippen molar-refractivity contribution < 1.29 is 0 Å². The first-order valence-electron chi connectivity index (χ1n) is 7.28. The van der Waals surface area contributed by atoms with E-state index in [1.807, 2.05) is 11.8 Å². The maximum Gasteiger partial charge on any atom is 0.00218 e. The van der Waals surface area contributed by atoms with Gasteiger partial charge in [0.15, 0.2) is 0 Å². The van der Waals surface area contributed by atoms with Crippen molar-refractivity contribution >= 4 is 11.8 Å². The molecule has 102 valence electrons. The number of rotatable bonds is 9. The number of thioether (sulfide) groups is 1. The molecule has 1 atom stereocenters. The maximum atomic E-state index is 3.53. The number of hydrogen-bond acceptors (Lipinski definition) is 3. The first-order chi connectivity index (χ1) is 8.36. The molecular formula is C14H30N2S. The number of nitrogens with one attached hydrogen (secondary N) is 1. The Morgan fingerprint density at radius 3 is 2.82 bits per heavy atom. The summed E-state index contributed by atoms with van der Waals surface area (Å²) in [4.78, 5) is 2.69. The molecule has 0 saturated carbocycles. The van der Waals surface area contributed by atoms with Gasteiger partial charge in [-0.05, 0) is 76.2 Å². The van der Waals surface area contributed by atoms with E-state index >= 15 is 0 Å². The monoisotopic (exact) mass is 258 g/mol. The number of unbranched alkanes of at least 4 members (excludes halogenated alkanes) is 1. The van der Waals surface area contributed by atoms with Crippen molar-refractivity contribution in [3.8, 4) is 0 Å². The first kappa shape index (κ1) is 15.3. The van der Waals surface area contributed by atoms with Crippen LogP contribution in [-0.2, 0) is 0 Å². The van der Waals surface area contributed by atoms with Gasteiger partial charge in [0, 0.05) is 6.54 Å². The van der Waals surface area contributed by atoms with Crippen molar-refractivity contribution in [2.24, 2.45) is 5.92 Å². The minimum atomic E-state index is 0.899. The Labute approximate surface area is 112 Å². The Hall–Kier alpha value is 0.270. The van der Waals surface area contributed by atoms with Crippen LogP contribution in [0, 0.1) is 5.92 Å². The first-order valence-corrected chi connectivity index (χ1v) is 8.68. The van der Waals surface area contributed by atoms with E-state index in [4.69, 9.17) is 0 Å². The molecule has 0 aromatic heterocycles. The van der Waals surface area contributed by atoms with Crippen LogP contribution in [0.15, 0.2) is 0 Å². The third-order valence-corrected chi connectivity index (χ3v) is 4.22. The topological polar surface area (TPSA) is 15.3 Å². The Morgan fingerprint density at radius 1 is 1.29 bits per heavy atom. The smallest absolute Gasteiger partial charge is 0.00218 e. The molecule has 0 aromatic carbocycles. The SMILES string of the molecule is CCCN(CCCCSC)CC1CCCNC1. The highest BCUT2D eigenvalue weighted by atomic mass is 32.2. The second kappa shape index (κ2) is 10.2. The highest BCUT2D eigenvalue weighted by molar-refractivity contribution is 7.98. The van der Waals surface area contributed by atoms with Crippen molar-refractivity contribution in [1.29, 1.82) is 0 Å². The van der Waals surface area contributed by atoms with Crippen molar-refractivity contribution in [3.05, 3.63) is 0 Å². The zero-order valence-corrected chi connectivity index (χ0v) is 12.5. The van der Waals surface area contributed by atoms with Gasteiger partial charge in [-0.3, -0.25) is 0 Å². The predicted molar refractivity (Wildman–Crippen MR) is 79.9 cm³/mol. The molecule has 0 radical (unpaired) electrons. The van der Waals surface area contributed by atoms with Gasteiger partial charge >= 0.3 is 0 Å². The molecule has 0 aliphatic carbocycles. The average Bonchev–Trinajstić information content (AvgIpc) is 2.36. The maximum absolute atomic E-state index is 3.53.